The van der Waals surface area contributed by atoms with Crippen molar-refractivity contribution in [3.63, 3.8) is 0 Å². The Morgan fingerprint density at radius 1 is 0.973 bits per heavy atom. The molecule has 1 fully saturated rings. The second-order valence-electron chi connectivity index (χ2n) is 9.34. The van der Waals surface area contributed by atoms with Gasteiger partial charge in [-0.3, -0.25) is 9.59 Å². The van der Waals surface area contributed by atoms with Crippen molar-refractivity contribution in [2.45, 2.75) is 19.3 Å². The van der Waals surface area contributed by atoms with Gasteiger partial charge in [0.25, 0.3) is 5.91 Å². The maximum atomic E-state index is 13.1. The summed E-state index contributed by atoms with van der Waals surface area (Å²) in [4.78, 5) is 34.3. The van der Waals surface area contributed by atoms with E-state index >= 15 is 0 Å². The Bertz CT molecular complexity index is 1470. The molecule has 7 heteroatoms. The Labute approximate surface area is 215 Å². The van der Waals surface area contributed by atoms with Crippen LogP contribution < -0.4 is 10.6 Å². The number of aromatic nitrogens is 2. The number of hydrogen-bond donors (Lipinski definition) is 3. The number of anilines is 2. The van der Waals surface area contributed by atoms with Crippen molar-refractivity contribution < 1.29 is 9.59 Å². The monoisotopic (exact) mass is 489 g/mol. The third-order valence-corrected chi connectivity index (χ3v) is 6.95. The summed E-state index contributed by atoms with van der Waals surface area (Å²) < 4.78 is 0. The summed E-state index contributed by atoms with van der Waals surface area (Å²) in [7, 11) is 0. The Kier molecular flexibility index (Phi) is 6.02. The molecular weight excluding hydrogens is 462 g/mol. The summed E-state index contributed by atoms with van der Waals surface area (Å²) in [6, 6.07) is 24.0. The SMILES string of the molecule is O=C1Nc2ccccc2C1=C(Nc1ccc(-c2c[nH]cn2)cc1)c1ccc(CCN2CCCC2=O)cc1. The molecule has 1 saturated heterocycles. The minimum atomic E-state index is -0.131. The molecule has 0 radical (unpaired) electrons. The average Bonchev–Trinajstić information content (AvgIpc) is 3.67. The number of para-hydroxylation sites is 1. The molecule has 0 atom stereocenters. The fourth-order valence-electron chi connectivity index (χ4n) is 4.97. The van der Waals surface area contributed by atoms with Gasteiger partial charge in [-0.05, 0) is 42.2 Å². The third kappa shape index (κ3) is 4.63. The van der Waals surface area contributed by atoms with Crippen molar-refractivity contribution >= 4 is 34.5 Å². The van der Waals surface area contributed by atoms with Gasteiger partial charge < -0.3 is 20.5 Å². The third-order valence-electron chi connectivity index (χ3n) is 6.95. The molecule has 7 nitrogen and oxygen atoms in total. The first-order valence-corrected chi connectivity index (χ1v) is 12.5. The van der Waals surface area contributed by atoms with E-state index in [-0.39, 0.29) is 11.8 Å². The van der Waals surface area contributed by atoms with Crippen LogP contribution in [0.5, 0.6) is 0 Å². The fourth-order valence-corrected chi connectivity index (χ4v) is 4.97. The number of imidazole rings is 1. The number of carbonyl (C=O) groups excluding carboxylic acids is 2. The van der Waals surface area contributed by atoms with E-state index in [1.54, 1.807) is 6.33 Å². The van der Waals surface area contributed by atoms with Crippen LogP contribution in [0.25, 0.3) is 22.5 Å². The zero-order chi connectivity index (χ0) is 25.2. The van der Waals surface area contributed by atoms with Crippen molar-refractivity contribution in [3.8, 4) is 11.3 Å². The lowest BCUT2D eigenvalue weighted by Crippen LogP contribution is -2.26. The first-order chi connectivity index (χ1) is 18.2. The number of amides is 2. The lowest BCUT2D eigenvalue weighted by atomic mass is 9.98. The Hall–Kier alpha value is -4.65. The molecule has 0 bridgehead atoms. The maximum absolute atomic E-state index is 13.1. The first kappa shape index (κ1) is 22.8. The van der Waals surface area contributed by atoms with Crippen LogP contribution in [-0.2, 0) is 16.0 Å². The number of benzene rings is 3. The quantitative estimate of drug-likeness (QED) is 0.312. The molecule has 0 unspecified atom stereocenters. The number of H-pyrrole nitrogens is 1. The highest BCUT2D eigenvalue weighted by atomic mass is 16.2. The summed E-state index contributed by atoms with van der Waals surface area (Å²) in [6.07, 6.45) is 5.94. The van der Waals surface area contributed by atoms with E-state index in [1.807, 2.05) is 71.8 Å². The fraction of sp³-hybridized carbons (Fsp3) is 0.167. The van der Waals surface area contributed by atoms with Crippen LogP contribution in [0.15, 0.2) is 85.3 Å². The predicted octanol–water partition coefficient (Wildman–Crippen LogP) is 5.17. The van der Waals surface area contributed by atoms with Crippen molar-refractivity contribution in [3.05, 3.63) is 102 Å². The van der Waals surface area contributed by atoms with E-state index in [4.69, 9.17) is 0 Å². The lowest BCUT2D eigenvalue weighted by Gasteiger charge is -2.17. The van der Waals surface area contributed by atoms with Gasteiger partial charge in [-0.25, -0.2) is 4.98 Å². The van der Waals surface area contributed by atoms with Crippen LogP contribution in [0.2, 0.25) is 0 Å². The van der Waals surface area contributed by atoms with Crippen LogP contribution in [0.3, 0.4) is 0 Å². The van der Waals surface area contributed by atoms with E-state index in [2.05, 4.69) is 32.7 Å². The number of nitrogens with zero attached hydrogens (tertiary/aromatic N) is 2. The van der Waals surface area contributed by atoms with Crippen molar-refractivity contribution in [1.82, 2.24) is 14.9 Å². The maximum Gasteiger partial charge on any atom is 0.258 e. The molecule has 2 aliphatic heterocycles. The van der Waals surface area contributed by atoms with Crippen molar-refractivity contribution in [2.75, 3.05) is 23.7 Å². The summed E-state index contributed by atoms with van der Waals surface area (Å²) in [6.45, 7) is 1.59. The average molecular weight is 490 g/mol. The van der Waals surface area contributed by atoms with Gasteiger partial charge in [-0.1, -0.05) is 54.6 Å². The number of rotatable bonds is 7. The minimum absolute atomic E-state index is 0.131. The summed E-state index contributed by atoms with van der Waals surface area (Å²) in [5.41, 5.74) is 7.87. The number of hydrogen-bond acceptors (Lipinski definition) is 4. The first-order valence-electron chi connectivity index (χ1n) is 12.5. The second-order valence-corrected chi connectivity index (χ2v) is 9.34. The van der Waals surface area contributed by atoms with Crippen LogP contribution >= 0.6 is 0 Å². The predicted molar refractivity (Wildman–Crippen MR) is 145 cm³/mol. The zero-order valence-electron chi connectivity index (χ0n) is 20.3. The molecule has 3 aromatic carbocycles. The molecule has 184 valence electrons. The molecule has 3 heterocycles. The molecule has 2 aliphatic rings. The van der Waals surface area contributed by atoms with Gasteiger partial charge in [0, 0.05) is 48.2 Å². The van der Waals surface area contributed by atoms with Crippen LogP contribution in [0.1, 0.15) is 29.5 Å². The molecule has 0 aliphatic carbocycles. The van der Waals surface area contributed by atoms with E-state index in [1.165, 1.54) is 0 Å². The number of nitrogens with one attached hydrogen (secondary N) is 3. The van der Waals surface area contributed by atoms with Crippen LogP contribution in [0.4, 0.5) is 11.4 Å². The highest BCUT2D eigenvalue weighted by molar-refractivity contribution is 6.37. The molecule has 4 aromatic rings. The number of likely N-dealkylation sites (tertiary alicyclic amines) is 1. The van der Waals surface area contributed by atoms with E-state index in [0.717, 1.165) is 71.0 Å². The zero-order valence-corrected chi connectivity index (χ0v) is 20.3. The van der Waals surface area contributed by atoms with E-state index in [0.29, 0.717) is 12.0 Å². The molecule has 3 N–H and O–H groups in total. The van der Waals surface area contributed by atoms with Gasteiger partial charge in [0.2, 0.25) is 5.91 Å². The summed E-state index contributed by atoms with van der Waals surface area (Å²) in [5.74, 6) is 0.116. The lowest BCUT2D eigenvalue weighted by molar-refractivity contribution is -0.127. The molecule has 6 rings (SSSR count). The van der Waals surface area contributed by atoms with Crippen molar-refractivity contribution in [2.24, 2.45) is 0 Å². The largest absolute Gasteiger partial charge is 0.354 e. The Morgan fingerprint density at radius 2 is 1.78 bits per heavy atom. The second kappa shape index (κ2) is 9.78. The Balaban J connectivity index is 1.32. The normalized spacial score (nSPS) is 16.1. The Morgan fingerprint density at radius 3 is 2.51 bits per heavy atom. The summed E-state index contributed by atoms with van der Waals surface area (Å²) in [5, 5.41) is 6.51. The topological polar surface area (TPSA) is 90.1 Å². The van der Waals surface area contributed by atoms with Gasteiger partial charge in [-0.2, -0.15) is 0 Å². The van der Waals surface area contributed by atoms with Gasteiger partial charge >= 0.3 is 0 Å². The van der Waals surface area contributed by atoms with Gasteiger partial charge in [0.05, 0.1) is 23.3 Å². The smallest absolute Gasteiger partial charge is 0.258 e. The highest BCUT2D eigenvalue weighted by Gasteiger charge is 2.28. The molecule has 0 spiro atoms. The molecule has 2 amide bonds. The number of carbonyl (C=O) groups is 2. The van der Waals surface area contributed by atoms with Crippen LogP contribution in [-0.4, -0.2) is 39.8 Å². The number of fused-ring (bicyclic) bond motifs is 1. The minimum Gasteiger partial charge on any atom is -0.354 e. The standard InChI is InChI=1S/C30H27N5O2/c36-27-6-3-16-35(27)17-15-20-7-9-22(10-8-20)29(28-24-4-1-2-5-25(24)34-30(28)37)33-23-13-11-21(12-14-23)26-18-31-19-32-26/h1-2,4-5,7-14,18-19,33H,3,6,15-17H2,(H,31,32)(H,34,37). The van der Waals surface area contributed by atoms with Gasteiger partial charge in [0.1, 0.15) is 0 Å². The van der Waals surface area contributed by atoms with Gasteiger partial charge in [-0.15, -0.1) is 0 Å². The molecule has 37 heavy (non-hydrogen) atoms. The van der Waals surface area contributed by atoms with Crippen molar-refractivity contribution in [1.29, 1.82) is 0 Å². The van der Waals surface area contributed by atoms with E-state index < -0.39 is 0 Å². The molecule has 1 aromatic heterocycles. The number of aromatic amines is 1. The van der Waals surface area contributed by atoms with E-state index in [9.17, 15) is 9.59 Å². The van der Waals surface area contributed by atoms with Crippen LogP contribution in [0, 0.1) is 0 Å². The highest BCUT2D eigenvalue weighted by Crippen LogP contribution is 2.37. The summed E-state index contributed by atoms with van der Waals surface area (Å²) >= 11 is 0. The molecule has 0 saturated carbocycles. The van der Waals surface area contributed by atoms with Gasteiger partial charge in [0.15, 0.2) is 0 Å². The molecular formula is C30H27N5O2.